The molecule has 128 valence electrons. The number of nitrogen functional groups attached to an aromatic ring is 1. The SMILES string of the molecule is Nc1nc2[nH]c(CC(=O)NC3CCC(C(=O)O)CC3)cc2c(=O)[nH]1. The van der Waals surface area contributed by atoms with E-state index in [4.69, 9.17) is 10.8 Å². The first kappa shape index (κ1) is 16.0. The van der Waals surface area contributed by atoms with Gasteiger partial charge in [0, 0.05) is 11.7 Å². The minimum absolute atomic E-state index is 0.00495. The first-order valence-corrected chi connectivity index (χ1v) is 7.82. The molecule has 0 aliphatic heterocycles. The van der Waals surface area contributed by atoms with Gasteiger partial charge in [-0.1, -0.05) is 0 Å². The van der Waals surface area contributed by atoms with E-state index < -0.39 is 5.97 Å². The molecule has 0 spiro atoms. The van der Waals surface area contributed by atoms with E-state index in [1.807, 2.05) is 0 Å². The Morgan fingerprint density at radius 3 is 2.67 bits per heavy atom. The number of hydrogen-bond acceptors (Lipinski definition) is 5. The second-order valence-corrected chi connectivity index (χ2v) is 6.14. The number of carbonyl (C=O) groups excluding carboxylic acids is 1. The molecule has 24 heavy (non-hydrogen) atoms. The quantitative estimate of drug-likeness (QED) is 0.536. The van der Waals surface area contributed by atoms with Crippen LogP contribution in [0.5, 0.6) is 0 Å². The summed E-state index contributed by atoms with van der Waals surface area (Å²) < 4.78 is 0. The third kappa shape index (κ3) is 3.39. The number of rotatable bonds is 4. The molecule has 0 atom stereocenters. The normalized spacial score (nSPS) is 20.8. The first-order valence-electron chi connectivity index (χ1n) is 7.82. The topological polar surface area (TPSA) is 154 Å². The van der Waals surface area contributed by atoms with Crippen molar-refractivity contribution in [3.63, 3.8) is 0 Å². The molecule has 3 rings (SSSR count). The summed E-state index contributed by atoms with van der Waals surface area (Å²) in [5.41, 5.74) is 6.05. The van der Waals surface area contributed by atoms with Crippen LogP contribution in [0.4, 0.5) is 5.95 Å². The van der Waals surface area contributed by atoms with E-state index >= 15 is 0 Å². The number of carboxylic acid groups (broad SMARTS) is 1. The van der Waals surface area contributed by atoms with Gasteiger partial charge in [-0.15, -0.1) is 0 Å². The molecule has 2 aromatic heterocycles. The monoisotopic (exact) mass is 333 g/mol. The van der Waals surface area contributed by atoms with E-state index in [0.29, 0.717) is 42.4 Å². The first-order chi connectivity index (χ1) is 11.4. The predicted molar refractivity (Wildman–Crippen MR) is 86.4 cm³/mol. The summed E-state index contributed by atoms with van der Waals surface area (Å²) in [5, 5.41) is 12.2. The van der Waals surface area contributed by atoms with Crippen LogP contribution in [0.2, 0.25) is 0 Å². The average molecular weight is 333 g/mol. The van der Waals surface area contributed by atoms with Crippen LogP contribution in [0.15, 0.2) is 10.9 Å². The number of nitrogens with one attached hydrogen (secondary N) is 3. The fraction of sp³-hybridized carbons (Fsp3) is 0.467. The Balaban J connectivity index is 1.60. The zero-order valence-corrected chi connectivity index (χ0v) is 13.0. The smallest absolute Gasteiger partial charge is 0.306 e. The van der Waals surface area contributed by atoms with E-state index in [2.05, 4.69) is 20.3 Å². The van der Waals surface area contributed by atoms with Crippen LogP contribution < -0.4 is 16.6 Å². The molecule has 0 unspecified atom stereocenters. The van der Waals surface area contributed by atoms with Crippen molar-refractivity contribution in [1.82, 2.24) is 20.3 Å². The molecule has 1 amide bonds. The van der Waals surface area contributed by atoms with Crippen LogP contribution in [-0.2, 0) is 16.0 Å². The summed E-state index contributed by atoms with van der Waals surface area (Å²) in [4.78, 5) is 44.1. The number of hydrogen-bond donors (Lipinski definition) is 5. The molecule has 9 heteroatoms. The standard InChI is InChI=1S/C15H19N5O4/c16-15-19-12-10(13(22)20-15)5-9(18-12)6-11(21)17-8-3-1-7(2-4-8)14(23)24/h5,7-8H,1-4,6H2,(H,17,21)(H,23,24)(H4,16,18,19,20,22). The Morgan fingerprint density at radius 1 is 1.29 bits per heavy atom. The van der Waals surface area contributed by atoms with Gasteiger partial charge in [0.05, 0.1) is 17.7 Å². The van der Waals surface area contributed by atoms with Crippen LogP contribution in [0.3, 0.4) is 0 Å². The number of carbonyl (C=O) groups is 2. The summed E-state index contributed by atoms with van der Waals surface area (Å²) in [6, 6.07) is 1.58. The molecular weight excluding hydrogens is 314 g/mol. The van der Waals surface area contributed by atoms with Gasteiger partial charge >= 0.3 is 5.97 Å². The Labute approximate surface area is 136 Å². The molecule has 6 N–H and O–H groups in total. The number of fused-ring (bicyclic) bond motifs is 1. The van der Waals surface area contributed by atoms with Crippen molar-refractivity contribution in [3.05, 3.63) is 22.1 Å². The van der Waals surface area contributed by atoms with Gasteiger partial charge in [0.2, 0.25) is 11.9 Å². The van der Waals surface area contributed by atoms with Crippen LogP contribution in [0.25, 0.3) is 11.0 Å². The second-order valence-electron chi connectivity index (χ2n) is 6.14. The predicted octanol–water partition coefficient (Wildman–Crippen LogP) is 0.135. The maximum absolute atomic E-state index is 12.1. The highest BCUT2D eigenvalue weighted by Crippen LogP contribution is 2.24. The van der Waals surface area contributed by atoms with E-state index in [1.54, 1.807) is 6.07 Å². The summed E-state index contributed by atoms with van der Waals surface area (Å²) in [6.07, 6.45) is 2.56. The van der Waals surface area contributed by atoms with Crippen molar-refractivity contribution in [2.75, 3.05) is 5.73 Å². The summed E-state index contributed by atoms with van der Waals surface area (Å²) >= 11 is 0. The molecule has 0 radical (unpaired) electrons. The summed E-state index contributed by atoms with van der Waals surface area (Å²) in [5.74, 6) is -1.24. The van der Waals surface area contributed by atoms with Gasteiger partial charge < -0.3 is 21.1 Å². The molecule has 9 nitrogen and oxygen atoms in total. The molecule has 0 bridgehead atoms. The Bertz CT molecular complexity index is 832. The van der Waals surface area contributed by atoms with E-state index in [-0.39, 0.29) is 35.8 Å². The van der Waals surface area contributed by atoms with Crippen LogP contribution >= 0.6 is 0 Å². The van der Waals surface area contributed by atoms with Gasteiger partial charge in [0.1, 0.15) is 5.65 Å². The summed E-state index contributed by atoms with van der Waals surface area (Å²) in [7, 11) is 0. The van der Waals surface area contributed by atoms with Crippen molar-refractivity contribution >= 4 is 28.9 Å². The highest BCUT2D eigenvalue weighted by Gasteiger charge is 2.26. The Kier molecular flexibility index (Phi) is 4.24. The van der Waals surface area contributed by atoms with Gasteiger partial charge in [-0.05, 0) is 31.7 Å². The zero-order valence-electron chi connectivity index (χ0n) is 13.0. The van der Waals surface area contributed by atoms with Crippen molar-refractivity contribution in [1.29, 1.82) is 0 Å². The Morgan fingerprint density at radius 2 is 2.00 bits per heavy atom. The van der Waals surface area contributed by atoms with Gasteiger partial charge in [0.25, 0.3) is 5.56 Å². The number of aliphatic carboxylic acids is 1. The molecule has 0 saturated heterocycles. The number of nitrogens with zero attached hydrogens (tertiary/aromatic N) is 1. The maximum atomic E-state index is 12.1. The van der Waals surface area contributed by atoms with Gasteiger partial charge in [-0.2, -0.15) is 4.98 Å². The fourth-order valence-electron chi connectivity index (χ4n) is 3.12. The number of amides is 1. The highest BCUT2D eigenvalue weighted by molar-refractivity contribution is 5.82. The average Bonchev–Trinajstić information content (AvgIpc) is 2.90. The lowest BCUT2D eigenvalue weighted by molar-refractivity contribution is -0.142. The second kappa shape index (κ2) is 6.34. The Hall–Kier alpha value is -2.84. The molecule has 1 aliphatic rings. The van der Waals surface area contributed by atoms with Crippen molar-refractivity contribution < 1.29 is 14.7 Å². The lowest BCUT2D eigenvalue weighted by Crippen LogP contribution is -2.39. The number of carboxylic acids is 1. The van der Waals surface area contributed by atoms with E-state index in [1.165, 1.54) is 0 Å². The number of aromatic nitrogens is 3. The molecular formula is C15H19N5O4. The number of aromatic amines is 2. The van der Waals surface area contributed by atoms with Crippen LogP contribution in [0.1, 0.15) is 31.4 Å². The maximum Gasteiger partial charge on any atom is 0.306 e. The zero-order chi connectivity index (χ0) is 17.3. The van der Waals surface area contributed by atoms with Crippen molar-refractivity contribution in [2.45, 2.75) is 38.1 Å². The minimum atomic E-state index is -0.769. The lowest BCUT2D eigenvalue weighted by Gasteiger charge is -2.26. The molecule has 1 fully saturated rings. The number of nitrogens with two attached hydrogens (primary N) is 1. The number of H-pyrrole nitrogens is 2. The van der Waals surface area contributed by atoms with Crippen LogP contribution in [0, 0.1) is 5.92 Å². The third-order valence-corrected chi connectivity index (χ3v) is 4.36. The molecule has 2 aromatic rings. The van der Waals surface area contributed by atoms with E-state index in [0.717, 1.165) is 0 Å². The summed E-state index contributed by atoms with van der Waals surface area (Å²) in [6.45, 7) is 0. The van der Waals surface area contributed by atoms with Crippen molar-refractivity contribution in [3.8, 4) is 0 Å². The lowest BCUT2D eigenvalue weighted by atomic mass is 9.86. The van der Waals surface area contributed by atoms with Gasteiger partial charge in [0.15, 0.2) is 0 Å². The van der Waals surface area contributed by atoms with Crippen LogP contribution in [-0.4, -0.2) is 38.0 Å². The molecule has 1 aliphatic carbocycles. The van der Waals surface area contributed by atoms with Gasteiger partial charge in [-0.3, -0.25) is 19.4 Å². The molecule has 2 heterocycles. The van der Waals surface area contributed by atoms with Crippen molar-refractivity contribution in [2.24, 2.45) is 5.92 Å². The third-order valence-electron chi connectivity index (χ3n) is 4.36. The van der Waals surface area contributed by atoms with E-state index in [9.17, 15) is 14.4 Å². The van der Waals surface area contributed by atoms with Gasteiger partial charge in [-0.25, -0.2) is 0 Å². The molecule has 0 aromatic carbocycles. The minimum Gasteiger partial charge on any atom is -0.481 e. The highest BCUT2D eigenvalue weighted by atomic mass is 16.4. The fourth-order valence-corrected chi connectivity index (χ4v) is 3.12. The largest absolute Gasteiger partial charge is 0.481 e. The number of anilines is 1. The molecule has 1 saturated carbocycles.